The maximum Gasteiger partial charge on any atom is 0.150 e. The van der Waals surface area contributed by atoms with Crippen LogP contribution in [0.4, 0.5) is 0 Å². The fraction of sp³-hybridized carbons (Fsp3) is 0.417. The molecule has 0 aliphatic heterocycles. The van der Waals surface area contributed by atoms with E-state index in [1.165, 1.54) is 11.1 Å². The average Bonchev–Trinajstić information content (AvgIpc) is 2.57. The van der Waals surface area contributed by atoms with Gasteiger partial charge in [-0.1, -0.05) is 24.3 Å². The van der Waals surface area contributed by atoms with E-state index in [-0.39, 0.29) is 11.3 Å². The molecule has 0 unspecified atom stereocenters. The molecule has 0 bridgehead atoms. The van der Waals surface area contributed by atoms with Crippen molar-refractivity contribution in [1.82, 2.24) is 5.32 Å². The smallest absolute Gasteiger partial charge is 0.150 e. The van der Waals surface area contributed by atoms with E-state index in [1.54, 1.807) is 6.92 Å². The van der Waals surface area contributed by atoms with Crippen LogP contribution in [0.3, 0.4) is 0 Å². The molecule has 74 valence electrons. The van der Waals surface area contributed by atoms with Gasteiger partial charge in [0.2, 0.25) is 0 Å². The number of nitrogens with one attached hydrogen (secondary N) is 1. The van der Waals surface area contributed by atoms with E-state index in [1.807, 2.05) is 19.2 Å². The van der Waals surface area contributed by atoms with Crippen LogP contribution in [-0.4, -0.2) is 18.4 Å². The molecule has 0 fully saturated rings. The van der Waals surface area contributed by atoms with E-state index >= 15 is 0 Å². The average molecular weight is 189 g/mol. The molecule has 1 aliphatic rings. The third kappa shape index (κ3) is 1.26. The van der Waals surface area contributed by atoms with Gasteiger partial charge in [-0.05, 0) is 37.9 Å². The van der Waals surface area contributed by atoms with Crippen LogP contribution in [0, 0.1) is 0 Å². The predicted molar refractivity (Wildman–Crippen MR) is 56.3 cm³/mol. The third-order valence-corrected chi connectivity index (χ3v) is 3.26. The van der Waals surface area contributed by atoms with Crippen LogP contribution in [0.5, 0.6) is 0 Å². The second-order valence-electron chi connectivity index (χ2n) is 4.01. The van der Waals surface area contributed by atoms with Gasteiger partial charge in [-0.2, -0.15) is 0 Å². The summed E-state index contributed by atoms with van der Waals surface area (Å²) in [5.41, 5.74) is 2.26. The van der Waals surface area contributed by atoms with Gasteiger partial charge in [0.1, 0.15) is 5.78 Å². The highest BCUT2D eigenvalue weighted by Gasteiger charge is 2.39. The minimum Gasteiger partial charge on any atom is -0.307 e. The SMILES string of the molecule is CNC1(C(C)=O)Cc2ccccc2C1. The second-order valence-corrected chi connectivity index (χ2v) is 4.01. The molecule has 0 heterocycles. The summed E-state index contributed by atoms with van der Waals surface area (Å²) >= 11 is 0. The molecule has 2 rings (SSSR count). The monoisotopic (exact) mass is 189 g/mol. The van der Waals surface area contributed by atoms with Crippen LogP contribution in [0.25, 0.3) is 0 Å². The van der Waals surface area contributed by atoms with Crippen molar-refractivity contribution in [2.45, 2.75) is 25.3 Å². The van der Waals surface area contributed by atoms with Gasteiger partial charge in [-0.15, -0.1) is 0 Å². The lowest BCUT2D eigenvalue weighted by Gasteiger charge is -2.24. The van der Waals surface area contributed by atoms with Gasteiger partial charge < -0.3 is 5.32 Å². The number of rotatable bonds is 2. The van der Waals surface area contributed by atoms with Crippen molar-refractivity contribution in [2.24, 2.45) is 0 Å². The van der Waals surface area contributed by atoms with Crippen LogP contribution in [-0.2, 0) is 17.6 Å². The summed E-state index contributed by atoms with van der Waals surface area (Å²) in [7, 11) is 1.87. The van der Waals surface area contributed by atoms with Gasteiger partial charge >= 0.3 is 0 Å². The minimum absolute atomic E-state index is 0.233. The maximum atomic E-state index is 11.6. The van der Waals surface area contributed by atoms with Crippen molar-refractivity contribution in [2.75, 3.05) is 7.05 Å². The minimum atomic E-state index is -0.344. The van der Waals surface area contributed by atoms with Crippen molar-refractivity contribution in [3.63, 3.8) is 0 Å². The van der Waals surface area contributed by atoms with Crippen molar-refractivity contribution in [1.29, 1.82) is 0 Å². The first kappa shape index (κ1) is 9.41. The molecule has 2 nitrogen and oxygen atoms in total. The molecule has 0 saturated heterocycles. The Bertz CT molecular complexity index is 345. The number of hydrogen-bond donors (Lipinski definition) is 1. The molecule has 0 saturated carbocycles. The second kappa shape index (κ2) is 3.21. The highest BCUT2D eigenvalue weighted by atomic mass is 16.1. The lowest BCUT2D eigenvalue weighted by Crippen LogP contribution is -2.50. The van der Waals surface area contributed by atoms with Gasteiger partial charge in [0.15, 0.2) is 0 Å². The van der Waals surface area contributed by atoms with Gasteiger partial charge in [-0.25, -0.2) is 0 Å². The first-order chi connectivity index (χ1) is 6.68. The Balaban J connectivity index is 2.37. The van der Waals surface area contributed by atoms with Crippen molar-refractivity contribution < 1.29 is 4.79 Å². The zero-order chi connectivity index (χ0) is 10.2. The Morgan fingerprint density at radius 3 is 2.14 bits per heavy atom. The number of hydrogen-bond acceptors (Lipinski definition) is 2. The molecule has 0 atom stereocenters. The van der Waals surface area contributed by atoms with E-state index in [4.69, 9.17) is 0 Å². The lowest BCUT2D eigenvalue weighted by atomic mass is 9.91. The lowest BCUT2D eigenvalue weighted by molar-refractivity contribution is -0.122. The Morgan fingerprint density at radius 2 is 1.79 bits per heavy atom. The van der Waals surface area contributed by atoms with E-state index in [0.29, 0.717) is 0 Å². The molecule has 0 radical (unpaired) electrons. The summed E-state index contributed by atoms with van der Waals surface area (Å²) in [4.78, 5) is 11.6. The van der Waals surface area contributed by atoms with Gasteiger partial charge in [-0.3, -0.25) is 4.79 Å². The number of benzene rings is 1. The molecule has 1 aromatic rings. The topological polar surface area (TPSA) is 29.1 Å². The molecule has 0 aromatic heterocycles. The number of likely N-dealkylation sites (N-methyl/N-ethyl adjacent to an activating group) is 1. The summed E-state index contributed by atoms with van der Waals surface area (Å²) in [6.45, 7) is 1.67. The largest absolute Gasteiger partial charge is 0.307 e. The van der Waals surface area contributed by atoms with E-state index in [2.05, 4.69) is 17.4 Å². The van der Waals surface area contributed by atoms with Crippen LogP contribution >= 0.6 is 0 Å². The Kier molecular flexibility index (Phi) is 2.16. The number of Topliss-reactive ketones (excluding diaryl/α,β-unsaturated/α-hetero) is 1. The van der Waals surface area contributed by atoms with Crippen LogP contribution in [0.1, 0.15) is 18.1 Å². The zero-order valence-electron chi connectivity index (χ0n) is 8.63. The van der Waals surface area contributed by atoms with Crippen LogP contribution in [0.15, 0.2) is 24.3 Å². The highest BCUT2D eigenvalue weighted by molar-refractivity contribution is 5.88. The normalized spacial score (nSPS) is 17.9. The molecular formula is C12H15NO. The molecule has 1 aromatic carbocycles. The number of fused-ring (bicyclic) bond motifs is 1. The quantitative estimate of drug-likeness (QED) is 0.760. The standard InChI is InChI=1S/C12H15NO/c1-9(14)12(13-2)7-10-5-3-4-6-11(10)8-12/h3-6,13H,7-8H2,1-2H3. The van der Waals surface area contributed by atoms with Gasteiger partial charge in [0.05, 0.1) is 5.54 Å². The summed E-state index contributed by atoms with van der Waals surface area (Å²) in [5.74, 6) is 0.233. The fourth-order valence-electron chi connectivity index (χ4n) is 2.22. The zero-order valence-corrected chi connectivity index (χ0v) is 8.63. The van der Waals surface area contributed by atoms with Crippen LogP contribution in [0.2, 0.25) is 0 Å². The highest BCUT2D eigenvalue weighted by Crippen LogP contribution is 2.30. The van der Waals surface area contributed by atoms with Gasteiger partial charge in [0.25, 0.3) is 0 Å². The molecule has 2 heteroatoms. The van der Waals surface area contributed by atoms with Crippen LogP contribution < -0.4 is 5.32 Å². The summed E-state index contributed by atoms with van der Waals surface area (Å²) in [6.07, 6.45) is 1.66. The summed E-state index contributed by atoms with van der Waals surface area (Å²) in [5, 5.41) is 3.17. The van der Waals surface area contributed by atoms with E-state index in [9.17, 15) is 4.79 Å². The Hall–Kier alpha value is -1.15. The molecule has 1 aliphatic carbocycles. The van der Waals surface area contributed by atoms with Crippen molar-refractivity contribution >= 4 is 5.78 Å². The predicted octanol–water partition coefficient (Wildman–Crippen LogP) is 1.33. The fourth-order valence-corrected chi connectivity index (χ4v) is 2.22. The molecule has 1 N–H and O–H groups in total. The van der Waals surface area contributed by atoms with Gasteiger partial charge in [0, 0.05) is 0 Å². The molecule has 14 heavy (non-hydrogen) atoms. The van der Waals surface area contributed by atoms with Crippen molar-refractivity contribution in [3.05, 3.63) is 35.4 Å². The molecule has 0 amide bonds. The molecular weight excluding hydrogens is 174 g/mol. The maximum absolute atomic E-state index is 11.6. The number of ketones is 1. The van der Waals surface area contributed by atoms with E-state index < -0.39 is 0 Å². The summed E-state index contributed by atoms with van der Waals surface area (Å²) < 4.78 is 0. The third-order valence-electron chi connectivity index (χ3n) is 3.26. The van der Waals surface area contributed by atoms with E-state index in [0.717, 1.165) is 12.8 Å². The first-order valence-electron chi connectivity index (χ1n) is 4.95. The summed E-state index contributed by atoms with van der Waals surface area (Å²) in [6, 6.07) is 8.28. The number of carbonyl (C=O) groups excluding carboxylic acids is 1. The Labute approximate surface area is 84.3 Å². The Morgan fingerprint density at radius 1 is 1.29 bits per heavy atom. The first-order valence-corrected chi connectivity index (χ1v) is 4.95. The molecule has 0 spiro atoms. The number of carbonyl (C=O) groups is 1. The van der Waals surface area contributed by atoms with Crippen molar-refractivity contribution in [3.8, 4) is 0 Å².